The zero-order chi connectivity index (χ0) is 15.5. The normalized spacial score (nSPS) is 10.6. The molecule has 0 atom stereocenters. The number of para-hydroxylation sites is 2. The number of nitrogens with zero attached hydrogens (tertiary/aromatic N) is 2. The van der Waals surface area contributed by atoms with E-state index in [9.17, 15) is 4.79 Å². The largest absolute Gasteiger partial charge is 0.439 e. The Morgan fingerprint density at radius 3 is 2.77 bits per heavy atom. The lowest BCUT2D eigenvalue weighted by molar-refractivity contribution is 0.0827. The first-order valence-electron chi connectivity index (χ1n) is 7.03. The number of rotatable bonds is 4. The van der Waals surface area contributed by atoms with Gasteiger partial charge in [-0.3, -0.25) is 4.79 Å². The molecule has 0 fully saturated rings. The molecule has 3 rings (SSSR count). The van der Waals surface area contributed by atoms with Crippen molar-refractivity contribution in [2.24, 2.45) is 0 Å². The minimum Gasteiger partial charge on any atom is -0.439 e. The number of anilines is 1. The zero-order valence-corrected chi connectivity index (χ0v) is 12.5. The van der Waals surface area contributed by atoms with E-state index in [0.29, 0.717) is 18.0 Å². The molecular weight excluding hydrogens is 278 g/mol. The molecule has 112 valence electrons. The van der Waals surface area contributed by atoms with Crippen LogP contribution in [0.5, 0.6) is 0 Å². The van der Waals surface area contributed by atoms with Crippen LogP contribution in [0.15, 0.2) is 52.9 Å². The highest BCUT2D eigenvalue weighted by Gasteiger charge is 2.09. The standard InChI is InChI=1S/C17H17N3O2/c1-20(2)17(21)12-6-5-7-13(10-12)18-11-16-19-14-8-3-4-9-15(14)22-16/h3-10,18H,11H2,1-2H3. The molecular formula is C17H17N3O2. The number of aromatic nitrogens is 1. The van der Waals surface area contributed by atoms with Gasteiger partial charge in [0.05, 0.1) is 6.54 Å². The third kappa shape index (κ3) is 2.93. The van der Waals surface area contributed by atoms with Crippen LogP contribution in [0.4, 0.5) is 5.69 Å². The Morgan fingerprint density at radius 1 is 1.18 bits per heavy atom. The second-order valence-electron chi connectivity index (χ2n) is 5.21. The van der Waals surface area contributed by atoms with Crippen LogP contribution in [0.25, 0.3) is 11.1 Å². The van der Waals surface area contributed by atoms with Crippen LogP contribution in [-0.4, -0.2) is 29.9 Å². The molecule has 3 aromatic rings. The minimum absolute atomic E-state index is 0.0227. The molecule has 0 saturated heterocycles. The first kappa shape index (κ1) is 14.1. The second kappa shape index (κ2) is 5.89. The summed E-state index contributed by atoms with van der Waals surface area (Å²) in [5.74, 6) is 0.594. The van der Waals surface area contributed by atoms with Crippen LogP contribution in [0.3, 0.4) is 0 Å². The molecule has 0 aliphatic heterocycles. The van der Waals surface area contributed by atoms with Crippen LogP contribution in [0, 0.1) is 0 Å². The van der Waals surface area contributed by atoms with Crippen molar-refractivity contribution in [2.75, 3.05) is 19.4 Å². The molecule has 5 heteroatoms. The number of fused-ring (bicyclic) bond motifs is 1. The molecule has 0 bridgehead atoms. The van der Waals surface area contributed by atoms with E-state index in [0.717, 1.165) is 16.8 Å². The average molecular weight is 295 g/mol. The van der Waals surface area contributed by atoms with E-state index >= 15 is 0 Å². The Labute approximate surface area is 128 Å². The van der Waals surface area contributed by atoms with Crippen molar-refractivity contribution >= 4 is 22.7 Å². The molecule has 1 aromatic heterocycles. The van der Waals surface area contributed by atoms with Crippen LogP contribution < -0.4 is 5.32 Å². The van der Waals surface area contributed by atoms with Gasteiger partial charge in [0.1, 0.15) is 5.52 Å². The van der Waals surface area contributed by atoms with Gasteiger partial charge in [-0.1, -0.05) is 18.2 Å². The van der Waals surface area contributed by atoms with Gasteiger partial charge in [0.25, 0.3) is 5.91 Å². The summed E-state index contributed by atoms with van der Waals surface area (Å²) in [6.45, 7) is 0.467. The van der Waals surface area contributed by atoms with Gasteiger partial charge in [-0.05, 0) is 30.3 Å². The Bertz CT molecular complexity index is 775. The first-order chi connectivity index (χ1) is 10.6. The number of carbonyl (C=O) groups excluding carboxylic acids is 1. The molecule has 5 nitrogen and oxygen atoms in total. The van der Waals surface area contributed by atoms with Gasteiger partial charge >= 0.3 is 0 Å². The number of benzene rings is 2. The maximum atomic E-state index is 12.0. The van der Waals surface area contributed by atoms with Gasteiger partial charge in [0, 0.05) is 25.3 Å². The third-order valence-corrected chi connectivity index (χ3v) is 3.30. The molecule has 0 unspecified atom stereocenters. The fraction of sp³-hybridized carbons (Fsp3) is 0.176. The summed E-state index contributed by atoms with van der Waals surface area (Å²) in [6.07, 6.45) is 0. The summed E-state index contributed by atoms with van der Waals surface area (Å²) >= 11 is 0. The topological polar surface area (TPSA) is 58.4 Å². The number of hydrogen-bond donors (Lipinski definition) is 1. The number of carbonyl (C=O) groups is 1. The van der Waals surface area contributed by atoms with Crippen molar-refractivity contribution < 1.29 is 9.21 Å². The average Bonchev–Trinajstić information content (AvgIpc) is 2.95. The van der Waals surface area contributed by atoms with E-state index in [2.05, 4.69) is 10.3 Å². The van der Waals surface area contributed by atoms with Gasteiger partial charge in [0.2, 0.25) is 5.89 Å². The lowest BCUT2D eigenvalue weighted by atomic mass is 10.2. The smallest absolute Gasteiger partial charge is 0.253 e. The van der Waals surface area contributed by atoms with Gasteiger partial charge in [-0.15, -0.1) is 0 Å². The van der Waals surface area contributed by atoms with Crippen LogP contribution in [-0.2, 0) is 6.54 Å². The summed E-state index contributed by atoms with van der Waals surface area (Å²) in [5, 5.41) is 3.23. The fourth-order valence-corrected chi connectivity index (χ4v) is 2.19. The van der Waals surface area contributed by atoms with Crippen LogP contribution in [0.1, 0.15) is 16.2 Å². The molecule has 0 radical (unpaired) electrons. The SMILES string of the molecule is CN(C)C(=O)c1cccc(NCc2nc3ccccc3o2)c1. The Hall–Kier alpha value is -2.82. The van der Waals surface area contributed by atoms with Crippen molar-refractivity contribution in [1.29, 1.82) is 0 Å². The van der Waals surface area contributed by atoms with Crippen LogP contribution >= 0.6 is 0 Å². The van der Waals surface area contributed by atoms with Gasteiger partial charge in [-0.2, -0.15) is 0 Å². The lowest BCUT2D eigenvalue weighted by Gasteiger charge is -2.11. The molecule has 0 saturated carbocycles. The first-order valence-corrected chi connectivity index (χ1v) is 7.03. The molecule has 1 heterocycles. The van der Waals surface area contributed by atoms with E-state index in [4.69, 9.17) is 4.42 Å². The molecule has 1 amide bonds. The highest BCUT2D eigenvalue weighted by Crippen LogP contribution is 2.17. The summed E-state index contributed by atoms with van der Waals surface area (Å²) in [6, 6.07) is 15.0. The molecule has 2 aromatic carbocycles. The van der Waals surface area contributed by atoms with Crippen molar-refractivity contribution in [2.45, 2.75) is 6.54 Å². The minimum atomic E-state index is -0.0227. The molecule has 0 spiro atoms. The predicted molar refractivity (Wildman–Crippen MR) is 85.8 cm³/mol. The predicted octanol–water partition coefficient (Wildman–Crippen LogP) is 3.14. The molecule has 1 N–H and O–H groups in total. The van der Waals surface area contributed by atoms with E-state index < -0.39 is 0 Å². The van der Waals surface area contributed by atoms with Gasteiger partial charge in [-0.25, -0.2) is 4.98 Å². The molecule has 22 heavy (non-hydrogen) atoms. The summed E-state index contributed by atoms with van der Waals surface area (Å²) in [4.78, 5) is 17.9. The fourth-order valence-electron chi connectivity index (χ4n) is 2.19. The van der Waals surface area contributed by atoms with Crippen molar-refractivity contribution in [1.82, 2.24) is 9.88 Å². The highest BCUT2D eigenvalue weighted by molar-refractivity contribution is 5.94. The van der Waals surface area contributed by atoms with E-state index in [1.807, 2.05) is 42.5 Å². The molecule has 0 aliphatic rings. The van der Waals surface area contributed by atoms with Crippen molar-refractivity contribution in [3.8, 4) is 0 Å². The molecule has 0 aliphatic carbocycles. The monoisotopic (exact) mass is 295 g/mol. The van der Waals surface area contributed by atoms with E-state index in [1.54, 1.807) is 25.1 Å². The number of hydrogen-bond acceptors (Lipinski definition) is 4. The van der Waals surface area contributed by atoms with E-state index in [-0.39, 0.29) is 5.91 Å². The van der Waals surface area contributed by atoms with Crippen molar-refractivity contribution in [3.63, 3.8) is 0 Å². The zero-order valence-electron chi connectivity index (χ0n) is 12.5. The maximum absolute atomic E-state index is 12.0. The summed E-state index contributed by atoms with van der Waals surface area (Å²) in [5.41, 5.74) is 3.12. The number of amides is 1. The van der Waals surface area contributed by atoms with Gasteiger partial charge < -0.3 is 14.6 Å². The third-order valence-electron chi connectivity index (χ3n) is 3.30. The summed E-state index contributed by atoms with van der Waals surface area (Å²) < 4.78 is 5.66. The number of oxazole rings is 1. The summed E-state index contributed by atoms with van der Waals surface area (Å²) in [7, 11) is 3.47. The highest BCUT2D eigenvalue weighted by atomic mass is 16.3. The Balaban J connectivity index is 1.73. The lowest BCUT2D eigenvalue weighted by Crippen LogP contribution is -2.21. The Kier molecular flexibility index (Phi) is 3.78. The quantitative estimate of drug-likeness (QED) is 0.803. The van der Waals surface area contributed by atoms with Gasteiger partial charge in [0.15, 0.2) is 5.58 Å². The number of nitrogens with one attached hydrogen (secondary N) is 1. The Morgan fingerprint density at radius 2 is 2.00 bits per heavy atom. The van der Waals surface area contributed by atoms with Crippen molar-refractivity contribution in [3.05, 3.63) is 60.0 Å². The second-order valence-corrected chi connectivity index (χ2v) is 5.21. The van der Waals surface area contributed by atoms with Crippen LogP contribution in [0.2, 0.25) is 0 Å². The maximum Gasteiger partial charge on any atom is 0.253 e. The van der Waals surface area contributed by atoms with E-state index in [1.165, 1.54) is 0 Å².